The van der Waals surface area contributed by atoms with Crippen molar-refractivity contribution in [1.82, 2.24) is 4.90 Å². The largest absolute Gasteiger partial charge is 0.303 e. The Bertz CT molecular complexity index is 163. The van der Waals surface area contributed by atoms with Crippen molar-refractivity contribution in [2.45, 2.75) is 39.5 Å². The quantitative estimate of drug-likeness (QED) is 0.665. The van der Waals surface area contributed by atoms with Crippen molar-refractivity contribution < 1.29 is 4.79 Å². The third-order valence-electron chi connectivity index (χ3n) is 3.05. The van der Waals surface area contributed by atoms with Gasteiger partial charge in [0, 0.05) is 18.9 Å². The minimum absolute atomic E-state index is 0.341. The summed E-state index contributed by atoms with van der Waals surface area (Å²) in [6, 6.07) is 0. The highest BCUT2D eigenvalue weighted by atomic mass is 16.1. The molecule has 1 saturated carbocycles. The van der Waals surface area contributed by atoms with Crippen LogP contribution in [0.2, 0.25) is 0 Å². The number of ketones is 1. The summed E-state index contributed by atoms with van der Waals surface area (Å²) in [5.41, 5.74) is 0. The van der Waals surface area contributed by atoms with Crippen LogP contribution in [0.5, 0.6) is 0 Å². The molecule has 76 valence electrons. The van der Waals surface area contributed by atoms with Gasteiger partial charge in [-0.3, -0.25) is 4.79 Å². The molecule has 1 rings (SSSR count). The summed E-state index contributed by atoms with van der Waals surface area (Å²) >= 11 is 0. The van der Waals surface area contributed by atoms with Crippen molar-refractivity contribution in [3.05, 3.63) is 0 Å². The van der Waals surface area contributed by atoms with E-state index in [1.165, 1.54) is 6.42 Å². The van der Waals surface area contributed by atoms with E-state index in [9.17, 15) is 4.79 Å². The molecule has 1 aliphatic carbocycles. The van der Waals surface area contributed by atoms with Crippen LogP contribution in [-0.2, 0) is 4.79 Å². The van der Waals surface area contributed by atoms with E-state index in [4.69, 9.17) is 0 Å². The number of Topliss-reactive ketones (excluding diaryl/α,β-unsaturated/α-hetero) is 1. The lowest BCUT2D eigenvalue weighted by Gasteiger charge is -2.26. The molecule has 0 spiro atoms. The standard InChI is InChI=1S/C11H21NO/c1-3-12(4-2)9-10-7-5-6-8-11(10)13/h10H,3-9H2,1-2H3/t10-/m0/s1. The van der Waals surface area contributed by atoms with E-state index in [0.29, 0.717) is 11.7 Å². The molecule has 2 nitrogen and oxygen atoms in total. The smallest absolute Gasteiger partial charge is 0.137 e. The maximum Gasteiger partial charge on any atom is 0.137 e. The van der Waals surface area contributed by atoms with Crippen molar-refractivity contribution in [1.29, 1.82) is 0 Å². The number of hydrogen-bond acceptors (Lipinski definition) is 2. The first-order valence-corrected chi connectivity index (χ1v) is 5.53. The average molecular weight is 183 g/mol. The molecule has 1 aliphatic rings. The van der Waals surface area contributed by atoms with Crippen molar-refractivity contribution in [3.8, 4) is 0 Å². The van der Waals surface area contributed by atoms with Gasteiger partial charge in [-0.2, -0.15) is 0 Å². The third kappa shape index (κ3) is 3.11. The van der Waals surface area contributed by atoms with E-state index < -0.39 is 0 Å². The Kier molecular flexibility index (Phi) is 4.43. The zero-order chi connectivity index (χ0) is 9.68. The van der Waals surface area contributed by atoms with Gasteiger partial charge in [-0.1, -0.05) is 20.3 Å². The van der Waals surface area contributed by atoms with Crippen LogP contribution in [0.15, 0.2) is 0 Å². The molecule has 0 unspecified atom stereocenters. The van der Waals surface area contributed by atoms with E-state index in [-0.39, 0.29) is 0 Å². The van der Waals surface area contributed by atoms with Crippen molar-refractivity contribution >= 4 is 5.78 Å². The molecule has 0 aromatic rings. The summed E-state index contributed by atoms with van der Waals surface area (Å²) < 4.78 is 0. The van der Waals surface area contributed by atoms with Gasteiger partial charge in [-0.05, 0) is 25.9 Å². The topological polar surface area (TPSA) is 20.3 Å². The monoisotopic (exact) mass is 183 g/mol. The van der Waals surface area contributed by atoms with Crippen LogP contribution in [0.4, 0.5) is 0 Å². The van der Waals surface area contributed by atoms with Gasteiger partial charge < -0.3 is 4.90 Å². The highest BCUT2D eigenvalue weighted by molar-refractivity contribution is 5.81. The lowest BCUT2D eigenvalue weighted by molar-refractivity contribution is -0.125. The Morgan fingerprint density at radius 2 is 2.00 bits per heavy atom. The Hall–Kier alpha value is -0.370. The normalized spacial score (nSPS) is 23.9. The molecule has 2 heteroatoms. The molecular formula is C11H21NO. The van der Waals surface area contributed by atoms with Gasteiger partial charge >= 0.3 is 0 Å². The van der Waals surface area contributed by atoms with E-state index in [0.717, 1.165) is 38.9 Å². The number of nitrogens with zero attached hydrogens (tertiary/aromatic N) is 1. The molecule has 0 aromatic heterocycles. The summed E-state index contributed by atoms with van der Waals surface area (Å²) in [5, 5.41) is 0. The predicted molar refractivity (Wildman–Crippen MR) is 54.8 cm³/mol. The van der Waals surface area contributed by atoms with Gasteiger partial charge in [0.25, 0.3) is 0 Å². The summed E-state index contributed by atoms with van der Waals surface area (Å²) in [5.74, 6) is 0.840. The van der Waals surface area contributed by atoms with Crippen LogP contribution >= 0.6 is 0 Å². The molecule has 0 heterocycles. The van der Waals surface area contributed by atoms with Crippen molar-refractivity contribution in [2.24, 2.45) is 5.92 Å². The second-order valence-corrected chi connectivity index (χ2v) is 3.89. The number of carbonyl (C=O) groups excluding carboxylic acids is 1. The lowest BCUT2D eigenvalue weighted by atomic mass is 9.87. The minimum atomic E-state index is 0.341. The second-order valence-electron chi connectivity index (χ2n) is 3.89. The first-order valence-electron chi connectivity index (χ1n) is 5.53. The van der Waals surface area contributed by atoms with E-state index in [2.05, 4.69) is 18.7 Å². The summed E-state index contributed by atoms with van der Waals surface area (Å²) in [6.45, 7) is 7.46. The summed E-state index contributed by atoms with van der Waals surface area (Å²) in [4.78, 5) is 13.9. The molecule has 0 aromatic carbocycles. The highest BCUT2D eigenvalue weighted by Crippen LogP contribution is 2.21. The Morgan fingerprint density at radius 1 is 1.31 bits per heavy atom. The van der Waals surface area contributed by atoms with Gasteiger partial charge in [-0.25, -0.2) is 0 Å². The van der Waals surface area contributed by atoms with Crippen LogP contribution in [0.25, 0.3) is 0 Å². The number of carbonyl (C=O) groups is 1. The minimum Gasteiger partial charge on any atom is -0.303 e. The molecule has 0 N–H and O–H groups in total. The van der Waals surface area contributed by atoms with E-state index in [1.54, 1.807) is 0 Å². The fraction of sp³-hybridized carbons (Fsp3) is 0.909. The molecule has 1 fully saturated rings. The molecular weight excluding hydrogens is 162 g/mol. The van der Waals surface area contributed by atoms with Crippen molar-refractivity contribution in [2.75, 3.05) is 19.6 Å². The van der Waals surface area contributed by atoms with Crippen LogP contribution in [0, 0.1) is 5.92 Å². The molecule has 13 heavy (non-hydrogen) atoms. The third-order valence-corrected chi connectivity index (χ3v) is 3.05. The summed E-state index contributed by atoms with van der Waals surface area (Å²) in [6.07, 6.45) is 4.31. The van der Waals surface area contributed by atoms with Crippen LogP contribution in [0.1, 0.15) is 39.5 Å². The second kappa shape index (κ2) is 5.38. The first kappa shape index (κ1) is 10.7. The lowest BCUT2D eigenvalue weighted by Crippen LogP contribution is -2.34. The Balaban J connectivity index is 2.36. The first-order chi connectivity index (χ1) is 6.27. The summed E-state index contributed by atoms with van der Waals surface area (Å²) in [7, 11) is 0. The zero-order valence-electron chi connectivity index (χ0n) is 8.88. The highest BCUT2D eigenvalue weighted by Gasteiger charge is 2.23. The maximum atomic E-state index is 11.5. The van der Waals surface area contributed by atoms with Crippen molar-refractivity contribution in [3.63, 3.8) is 0 Å². The predicted octanol–water partition coefficient (Wildman–Crippen LogP) is 2.09. The maximum absolute atomic E-state index is 11.5. The van der Waals surface area contributed by atoms with Gasteiger partial charge in [-0.15, -0.1) is 0 Å². The average Bonchev–Trinajstić information content (AvgIpc) is 2.17. The molecule has 0 bridgehead atoms. The molecule has 0 radical (unpaired) electrons. The Morgan fingerprint density at radius 3 is 2.54 bits per heavy atom. The number of rotatable bonds is 4. The van der Waals surface area contributed by atoms with Crippen LogP contribution in [0.3, 0.4) is 0 Å². The van der Waals surface area contributed by atoms with E-state index in [1.807, 2.05) is 0 Å². The molecule has 0 saturated heterocycles. The fourth-order valence-electron chi connectivity index (χ4n) is 2.04. The Labute approximate surface area is 81.3 Å². The van der Waals surface area contributed by atoms with Gasteiger partial charge in [0.05, 0.1) is 0 Å². The van der Waals surface area contributed by atoms with Gasteiger partial charge in [0.2, 0.25) is 0 Å². The van der Waals surface area contributed by atoms with E-state index >= 15 is 0 Å². The van der Waals surface area contributed by atoms with Crippen LogP contribution < -0.4 is 0 Å². The fourth-order valence-corrected chi connectivity index (χ4v) is 2.04. The zero-order valence-corrected chi connectivity index (χ0v) is 8.88. The van der Waals surface area contributed by atoms with Crippen LogP contribution in [-0.4, -0.2) is 30.3 Å². The van der Waals surface area contributed by atoms with Gasteiger partial charge in [0.1, 0.15) is 5.78 Å². The molecule has 0 aliphatic heterocycles. The molecule has 0 amide bonds. The SMILES string of the molecule is CCN(CC)C[C@@H]1CCCCC1=O. The number of hydrogen-bond donors (Lipinski definition) is 0. The molecule has 1 atom stereocenters. The van der Waals surface area contributed by atoms with Gasteiger partial charge in [0.15, 0.2) is 0 Å².